The third-order valence-electron chi connectivity index (χ3n) is 5.42. The fraction of sp³-hybridized carbons (Fsp3) is 0.444. The molecule has 9 nitrogen and oxygen atoms in total. The highest BCUT2D eigenvalue weighted by atomic mass is 35.5. The van der Waals surface area contributed by atoms with Crippen LogP contribution in [0.2, 0.25) is 15.5 Å². The van der Waals surface area contributed by atoms with E-state index in [0.717, 1.165) is 6.42 Å². The van der Waals surface area contributed by atoms with Gasteiger partial charge < -0.3 is 5.32 Å². The average Bonchev–Trinajstić information content (AvgIpc) is 3.03. The van der Waals surface area contributed by atoms with E-state index in [1.54, 1.807) is 0 Å². The quantitative estimate of drug-likeness (QED) is 0.583. The van der Waals surface area contributed by atoms with Crippen molar-refractivity contribution < 1.29 is 16.8 Å². The summed E-state index contributed by atoms with van der Waals surface area (Å²) < 4.78 is 51.4. The summed E-state index contributed by atoms with van der Waals surface area (Å²) in [5, 5.41) is 3.48. The van der Waals surface area contributed by atoms with Gasteiger partial charge in [0.2, 0.25) is 20.0 Å². The van der Waals surface area contributed by atoms with E-state index >= 15 is 0 Å². The molecule has 2 fully saturated rings. The lowest BCUT2D eigenvalue weighted by atomic mass is 10.2. The van der Waals surface area contributed by atoms with Crippen LogP contribution in [0.5, 0.6) is 0 Å². The maximum atomic E-state index is 12.3. The van der Waals surface area contributed by atoms with E-state index < -0.39 is 20.0 Å². The molecule has 0 spiro atoms. The molecule has 1 atom stereocenters. The normalized spacial score (nSPS) is 26.1. The molecule has 32 heavy (non-hydrogen) atoms. The molecule has 0 aliphatic carbocycles. The molecule has 0 unspecified atom stereocenters. The summed E-state index contributed by atoms with van der Waals surface area (Å²) in [5.41, 5.74) is 0. The average molecular weight is 541 g/mol. The standard InChI is InChI=1S/C10H12Cl2N2O2S.C8H8ClN3O2S/c1-7-4-5-14(6-7)17(15,16)8-2-3-9(11)13-10(8)12;9-7-2-1-6-8(11-7)10-5-3-12(4-5)15(6,13)14/h2-3,7H,4-6H2,1H3;1-2,5H,3-4H2,(H,10,11)/t7-;/m0./s1. The number of aromatic nitrogens is 2. The van der Waals surface area contributed by atoms with Gasteiger partial charge in [-0.2, -0.15) is 8.61 Å². The minimum Gasteiger partial charge on any atom is -0.363 e. The Bertz CT molecular complexity index is 1250. The first-order chi connectivity index (χ1) is 15.0. The zero-order valence-electron chi connectivity index (χ0n) is 16.9. The molecule has 2 bridgehead atoms. The molecule has 0 amide bonds. The van der Waals surface area contributed by atoms with Gasteiger partial charge in [-0.3, -0.25) is 0 Å². The van der Waals surface area contributed by atoms with Gasteiger partial charge in [-0.1, -0.05) is 41.7 Å². The van der Waals surface area contributed by atoms with Crippen molar-refractivity contribution in [1.29, 1.82) is 0 Å². The Hall–Kier alpha value is -1.21. The molecular formula is C18H20Cl3N5O4S2. The van der Waals surface area contributed by atoms with Crippen molar-refractivity contribution in [2.45, 2.75) is 29.2 Å². The summed E-state index contributed by atoms with van der Waals surface area (Å²) in [6.45, 7) is 4.10. The van der Waals surface area contributed by atoms with Crippen molar-refractivity contribution in [3.8, 4) is 0 Å². The van der Waals surface area contributed by atoms with E-state index in [9.17, 15) is 16.8 Å². The molecule has 0 aromatic carbocycles. The van der Waals surface area contributed by atoms with Crippen molar-refractivity contribution in [1.82, 2.24) is 18.6 Å². The Labute approximate surface area is 201 Å². The predicted molar refractivity (Wildman–Crippen MR) is 122 cm³/mol. The SMILES string of the molecule is C[C@H]1CCN(S(=O)(=O)c2ccc(Cl)nc2Cl)C1.O=S1(=O)c2ccc(Cl)nc2NC2CN1C2. The summed E-state index contributed by atoms with van der Waals surface area (Å²) >= 11 is 17.2. The van der Waals surface area contributed by atoms with E-state index in [4.69, 9.17) is 34.8 Å². The van der Waals surface area contributed by atoms with Gasteiger partial charge in [0.1, 0.15) is 25.9 Å². The van der Waals surface area contributed by atoms with Gasteiger partial charge in [0.15, 0.2) is 5.15 Å². The van der Waals surface area contributed by atoms with Crippen LogP contribution in [0.3, 0.4) is 0 Å². The van der Waals surface area contributed by atoms with E-state index in [1.165, 1.54) is 32.9 Å². The summed E-state index contributed by atoms with van der Waals surface area (Å²) in [4.78, 5) is 7.99. The lowest BCUT2D eigenvalue weighted by Crippen LogP contribution is -2.54. The minimum absolute atomic E-state index is 0.0256. The van der Waals surface area contributed by atoms with Crippen molar-refractivity contribution in [3.05, 3.63) is 39.7 Å². The second-order valence-electron chi connectivity index (χ2n) is 7.82. The number of nitrogens with one attached hydrogen (secondary N) is 1. The summed E-state index contributed by atoms with van der Waals surface area (Å²) in [6.07, 6.45) is 0.873. The Morgan fingerprint density at radius 1 is 1.03 bits per heavy atom. The number of nitrogens with zero attached hydrogens (tertiary/aromatic N) is 4. The van der Waals surface area contributed by atoms with Gasteiger partial charge >= 0.3 is 0 Å². The second-order valence-corrected chi connectivity index (χ2v) is 12.8. The van der Waals surface area contributed by atoms with Gasteiger partial charge in [-0.15, -0.1) is 0 Å². The molecule has 6 heterocycles. The largest absolute Gasteiger partial charge is 0.363 e. The maximum absolute atomic E-state index is 12.3. The summed E-state index contributed by atoms with van der Waals surface area (Å²) in [6, 6.07) is 5.97. The molecule has 14 heteroatoms. The van der Waals surface area contributed by atoms with Crippen LogP contribution in [0.1, 0.15) is 13.3 Å². The number of anilines is 1. The first-order valence-electron chi connectivity index (χ1n) is 9.74. The Morgan fingerprint density at radius 2 is 1.69 bits per heavy atom. The number of halogens is 3. The zero-order valence-corrected chi connectivity index (χ0v) is 20.8. The Morgan fingerprint density at radius 3 is 2.31 bits per heavy atom. The third kappa shape index (κ3) is 4.56. The molecule has 4 aliphatic rings. The van der Waals surface area contributed by atoms with Crippen LogP contribution in [0.4, 0.5) is 5.82 Å². The zero-order chi connectivity index (χ0) is 23.3. The van der Waals surface area contributed by atoms with Crippen molar-refractivity contribution >= 4 is 60.7 Å². The maximum Gasteiger partial charge on any atom is 0.246 e. The molecule has 6 rings (SSSR count). The van der Waals surface area contributed by atoms with Crippen LogP contribution >= 0.6 is 34.8 Å². The van der Waals surface area contributed by atoms with Gasteiger partial charge in [0, 0.05) is 26.2 Å². The number of pyridine rings is 2. The van der Waals surface area contributed by atoms with Crippen LogP contribution < -0.4 is 5.32 Å². The van der Waals surface area contributed by atoms with Gasteiger partial charge in [-0.05, 0) is 36.6 Å². The molecular weight excluding hydrogens is 521 g/mol. The molecule has 2 saturated heterocycles. The van der Waals surface area contributed by atoms with Gasteiger partial charge in [0.05, 0.1) is 6.04 Å². The molecule has 2 aromatic heterocycles. The number of hydrogen-bond acceptors (Lipinski definition) is 7. The highest BCUT2D eigenvalue weighted by Gasteiger charge is 2.42. The number of hydrogen-bond donors (Lipinski definition) is 1. The van der Waals surface area contributed by atoms with Crippen LogP contribution in [-0.4, -0.2) is 67.6 Å². The molecule has 174 valence electrons. The van der Waals surface area contributed by atoms with Crippen molar-refractivity contribution in [2.75, 3.05) is 31.5 Å². The monoisotopic (exact) mass is 539 g/mol. The topological polar surface area (TPSA) is 113 Å². The van der Waals surface area contributed by atoms with Crippen LogP contribution in [0, 0.1) is 5.92 Å². The number of rotatable bonds is 2. The molecule has 4 aliphatic heterocycles. The highest BCUT2D eigenvalue weighted by molar-refractivity contribution is 7.89. The molecule has 0 saturated carbocycles. The molecule has 1 N–H and O–H groups in total. The predicted octanol–water partition coefficient (Wildman–Crippen LogP) is 2.95. The molecule has 0 radical (unpaired) electrons. The van der Waals surface area contributed by atoms with Crippen molar-refractivity contribution in [3.63, 3.8) is 0 Å². The first-order valence-corrected chi connectivity index (χ1v) is 13.8. The van der Waals surface area contributed by atoms with Crippen LogP contribution in [-0.2, 0) is 20.0 Å². The fourth-order valence-electron chi connectivity index (χ4n) is 3.64. The van der Waals surface area contributed by atoms with E-state index in [-0.39, 0.29) is 26.1 Å². The third-order valence-corrected chi connectivity index (χ3v) is 10.00. The van der Waals surface area contributed by atoms with E-state index in [2.05, 4.69) is 15.3 Å². The number of sulfonamides is 2. The Balaban J connectivity index is 0.000000154. The fourth-order valence-corrected chi connectivity index (χ4v) is 7.61. The summed E-state index contributed by atoms with van der Waals surface area (Å²) in [7, 11) is -6.90. The van der Waals surface area contributed by atoms with E-state index in [1.807, 2.05) is 6.92 Å². The van der Waals surface area contributed by atoms with E-state index in [0.29, 0.717) is 43.1 Å². The lowest BCUT2D eigenvalue weighted by Gasteiger charge is -2.34. The highest BCUT2D eigenvalue weighted by Crippen LogP contribution is 2.33. The van der Waals surface area contributed by atoms with Crippen molar-refractivity contribution in [2.24, 2.45) is 5.92 Å². The Kier molecular flexibility index (Phi) is 6.63. The van der Waals surface area contributed by atoms with Crippen LogP contribution in [0.15, 0.2) is 34.1 Å². The minimum atomic E-state index is -3.54. The summed E-state index contributed by atoms with van der Waals surface area (Å²) in [5.74, 6) is 0.747. The lowest BCUT2D eigenvalue weighted by molar-refractivity contribution is 0.286. The van der Waals surface area contributed by atoms with Crippen LogP contribution in [0.25, 0.3) is 0 Å². The first kappa shape index (κ1) is 23.9. The van der Waals surface area contributed by atoms with Gasteiger partial charge in [-0.25, -0.2) is 26.8 Å². The van der Waals surface area contributed by atoms with Gasteiger partial charge in [0.25, 0.3) is 0 Å². The second kappa shape index (κ2) is 8.86. The smallest absolute Gasteiger partial charge is 0.246 e. The molecule has 2 aromatic rings.